The number of carbonyl (C=O) groups excluding carboxylic acids is 1. The molecule has 6 heteroatoms. The highest BCUT2D eigenvalue weighted by atomic mass is 19.1. The zero-order valence-corrected chi connectivity index (χ0v) is 13.8. The minimum atomic E-state index is -0.405. The number of nitrogens with zero attached hydrogens (tertiary/aromatic N) is 2. The van der Waals surface area contributed by atoms with Crippen LogP contribution in [0.15, 0.2) is 30.5 Å². The van der Waals surface area contributed by atoms with E-state index in [0.717, 1.165) is 30.6 Å². The number of hydrogen-bond acceptors (Lipinski definition) is 3. The molecule has 1 fully saturated rings. The molecule has 1 aliphatic heterocycles. The third-order valence-corrected chi connectivity index (χ3v) is 4.46. The predicted octanol–water partition coefficient (Wildman–Crippen LogP) is 3.03. The van der Waals surface area contributed by atoms with Crippen molar-refractivity contribution in [3.05, 3.63) is 47.5 Å². The van der Waals surface area contributed by atoms with Crippen molar-refractivity contribution in [2.75, 3.05) is 19.7 Å². The van der Waals surface area contributed by atoms with E-state index in [2.05, 4.69) is 10.2 Å². The number of benzene rings is 1. The number of para-hydroxylation sites is 1. The van der Waals surface area contributed by atoms with Crippen molar-refractivity contribution >= 4 is 5.91 Å². The average Bonchev–Trinajstić information content (AvgIpc) is 3.03. The van der Waals surface area contributed by atoms with Crippen LogP contribution >= 0.6 is 0 Å². The predicted molar refractivity (Wildman–Crippen MR) is 88.4 cm³/mol. The molecular formula is C18H22FN3O2. The topological polar surface area (TPSA) is 58.2 Å². The van der Waals surface area contributed by atoms with Crippen LogP contribution in [-0.4, -0.2) is 40.7 Å². The lowest BCUT2D eigenvalue weighted by atomic mass is 9.93. The van der Waals surface area contributed by atoms with E-state index in [0.29, 0.717) is 12.5 Å². The van der Waals surface area contributed by atoms with Gasteiger partial charge in [0.25, 0.3) is 0 Å². The van der Waals surface area contributed by atoms with Gasteiger partial charge in [-0.1, -0.05) is 12.1 Å². The molecule has 1 unspecified atom stereocenters. The van der Waals surface area contributed by atoms with Gasteiger partial charge in [0.15, 0.2) is 11.6 Å². The Bertz CT molecular complexity index is 701. The van der Waals surface area contributed by atoms with E-state index in [1.165, 1.54) is 6.07 Å². The van der Waals surface area contributed by atoms with Gasteiger partial charge in [-0.25, -0.2) is 4.39 Å². The number of halogens is 1. The summed E-state index contributed by atoms with van der Waals surface area (Å²) in [6.07, 6.45) is 4.10. The zero-order valence-electron chi connectivity index (χ0n) is 13.8. The Labute approximate surface area is 140 Å². The lowest BCUT2D eigenvalue weighted by Crippen LogP contribution is -2.39. The fourth-order valence-corrected chi connectivity index (χ4v) is 3.18. The summed E-state index contributed by atoms with van der Waals surface area (Å²) < 4.78 is 18.9. The van der Waals surface area contributed by atoms with E-state index in [9.17, 15) is 9.18 Å². The number of hydrogen-bond donors (Lipinski definition) is 1. The summed E-state index contributed by atoms with van der Waals surface area (Å²) in [7, 11) is 0. The minimum absolute atomic E-state index is 0.0493. The van der Waals surface area contributed by atoms with Crippen LogP contribution in [0.25, 0.3) is 0 Å². The van der Waals surface area contributed by atoms with Crippen LogP contribution in [0, 0.1) is 12.7 Å². The van der Waals surface area contributed by atoms with Crippen LogP contribution in [0.3, 0.4) is 0 Å². The number of amides is 1. The molecular weight excluding hydrogens is 309 g/mol. The molecule has 1 aromatic heterocycles. The highest BCUT2D eigenvalue weighted by molar-refractivity contribution is 5.76. The maximum absolute atomic E-state index is 13.5. The molecule has 1 amide bonds. The first-order valence-electron chi connectivity index (χ1n) is 8.30. The second-order valence-corrected chi connectivity index (χ2v) is 6.17. The zero-order chi connectivity index (χ0) is 16.9. The summed E-state index contributed by atoms with van der Waals surface area (Å²) in [5.74, 6) is 0.138. The molecule has 1 N–H and O–H groups in total. The van der Waals surface area contributed by atoms with Gasteiger partial charge in [-0.15, -0.1) is 0 Å². The monoisotopic (exact) mass is 331 g/mol. The Morgan fingerprint density at radius 3 is 3.04 bits per heavy atom. The molecule has 1 aromatic carbocycles. The SMILES string of the molecule is Cc1cn[nH]c1C1CCCN(C(=O)CCOc2ccccc2F)C1. The molecule has 128 valence electrons. The Morgan fingerprint density at radius 2 is 2.29 bits per heavy atom. The normalized spacial score (nSPS) is 17.8. The molecule has 2 heterocycles. The second kappa shape index (κ2) is 7.47. The summed E-state index contributed by atoms with van der Waals surface area (Å²) in [5, 5.41) is 7.13. The van der Waals surface area contributed by atoms with Crippen LogP contribution in [-0.2, 0) is 4.79 Å². The van der Waals surface area contributed by atoms with Crippen LogP contribution < -0.4 is 4.74 Å². The molecule has 24 heavy (non-hydrogen) atoms. The van der Waals surface area contributed by atoms with Crippen molar-refractivity contribution in [3.63, 3.8) is 0 Å². The van der Waals surface area contributed by atoms with Crippen LogP contribution in [0.5, 0.6) is 5.75 Å². The van der Waals surface area contributed by atoms with E-state index in [1.54, 1.807) is 18.2 Å². The molecule has 0 radical (unpaired) electrons. The molecule has 1 atom stereocenters. The standard InChI is InChI=1S/C18H22FN3O2/c1-13-11-20-21-18(13)14-5-4-9-22(12-14)17(23)8-10-24-16-7-3-2-6-15(16)19/h2-3,6-7,11,14H,4-5,8-10,12H2,1H3,(H,20,21). The summed E-state index contributed by atoms with van der Waals surface area (Å²) in [6.45, 7) is 3.68. The van der Waals surface area contributed by atoms with Crippen LogP contribution in [0.2, 0.25) is 0 Å². The maximum Gasteiger partial charge on any atom is 0.226 e. The van der Waals surface area contributed by atoms with Crippen LogP contribution in [0.1, 0.15) is 36.4 Å². The number of aromatic nitrogens is 2. The van der Waals surface area contributed by atoms with E-state index >= 15 is 0 Å². The molecule has 0 bridgehead atoms. The molecule has 5 nitrogen and oxygen atoms in total. The summed E-state index contributed by atoms with van der Waals surface area (Å²) >= 11 is 0. The van der Waals surface area contributed by atoms with Gasteiger partial charge in [0, 0.05) is 24.7 Å². The molecule has 0 aliphatic carbocycles. The first-order valence-corrected chi connectivity index (χ1v) is 8.30. The van der Waals surface area contributed by atoms with Crippen LogP contribution in [0.4, 0.5) is 4.39 Å². The number of aromatic amines is 1. The molecule has 0 saturated carbocycles. The highest BCUT2D eigenvalue weighted by Crippen LogP contribution is 2.27. The minimum Gasteiger partial charge on any atom is -0.490 e. The van der Waals surface area contributed by atoms with Gasteiger partial charge in [0.2, 0.25) is 5.91 Å². The molecule has 0 spiro atoms. The van der Waals surface area contributed by atoms with Gasteiger partial charge in [-0.05, 0) is 37.5 Å². The van der Waals surface area contributed by atoms with Crippen molar-refractivity contribution < 1.29 is 13.9 Å². The van der Waals surface area contributed by atoms with Gasteiger partial charge in [0.05, 0.1) is 19.2 Å². The first kappa shape index (κ1) is 16.5. The first-order chi connectivity index (χ1) is 11.6. The van der Waals surface area contributed by atoms with Gasteiger partial charge in [-0.2, -0.15) is 5.10 Å². The average molecular weight is 331 g/mol. The fourth-order valence-electron chi connectivity index (χ4n) is 3.18. The Hall–Kier alpha value is -2.37. The largest absolute Gasteiger partial charge is 0.490 e. The van der Waals surface area contributed by atoms with E-state index in [1.807, 2.05) is 18.0 Å². The van der Waals surface area contributed by atoms with Crippen molar-refractivity contribution in [2.45, 2.75) is 32.1 Å². The van der Waals surface area contributed by atoms with E-state index in [4.69, 9.17) is 4.74 Å². The number of H-pyrrole nitrogens is 1. The quantitative estimate of drug-likeness (QED) is 0.916. The number of ether oxygens (including phenoxy) is 1. The second-order valence-electron chi connectivity index (χ2n) is 6.17. The van der Waals surface area contributed by atoms with Crippen molar-refractivity contribution in [2.24, 2.45) is 0 Å². The van der Waals surface area contributed by atoms with Gasteiger partial charge in [-0.3, -0.25) is 9.89 Å². The third-order valence-electron chi connectivity index (χ3n) is 4.46. The maximum atomic E-state index is 13.5. The van der Waals surface area contributed by atoms with Gasteiger partial charge < -0.3 is 9.64 Å². The number of piperidine rings is 1. The lowest BCUT2D eigenvalue weighted by Gasteiger charge is -2.32. The summed E-state index contributed by atoms with van der Waals surface area (Å²) in [6, 6.07) is 6.23. The third kappa shape index (κ3) is 3.75. The van der Waals surface area contributed by atoms with E-state index in [-0.39, 0.29) is 24.7 Å². The van der Waals surface area contributed by atoms with Crippen molar-refractivity contribution in [1.29, 1.82) is 0 Å². The summed E-state index contributed by atoms with van der Waals surface area (Å²) in [5.41, 5.74) is 2.26. The molecule has 1 aliphatic rings. The lowest BCUT2D eigenvalue weighted by molar-refractivity contribution is -0.133. The molecule has 2 aromatic rings. The summed E-state index contributed by atoms with van der Waals surface area (Å²) in [4.78, 5) is 14.3. The van der Waals surface area contributed by atoms with Crippen molar-refractivity contribution in [1.82, 2.24) is 15.1 Å². The van der Waals surface area contributed by atoms with Crippen molar-refractivity contribution in [3.8, 4) is 5.75 Å². The number of likely N-dealkylation sites (tertiary alicyclic amines) is 1. The Kier molecular flexibility index (Phi) is 5.13. The Morgan fingerprint density at radius 1 is 1.46 bits per heavy atom. The number of carbonyl (C=O) groups is 1. The van der Waals surface area contributed by atoms with Gasteiger partial charge in [0.1, 0.15) is 0 Å². The molecule has 3 rings (SSSR count). The number of aryl methyl sites for hydroxylation is 1. The highest BCUT2D eigenvalue weighted by Gasteiger charge is 2.26. The van der Waals surface area contributed by atoms with Gasteiger partial charge >= 0.3 is 0 Å². The number of rotatable bonds is 5. The molecule has 1 saturated heterocycles. The smallest absolute Gasteiger partial charge is 0.226 e. The fraction of sp³-hybridized carbons (Fsp3) is 0.444. The Balaban J connectivity index is 1.51. The number of nitrogens with one attached hydrogen (secondary N) is 1. The van der Waals surface area contributed by atoms with E-state index < -0.39 is 5.82 Å².